The third-order valence-corrected chi connectivity index (χ3v) is 9.50. The molecule has 0 amide bonds. The second-order valence-corrected chi connectivity index (χ2v) is 11.3. The highest BCUT2D eigenvalue weighted by atomic mass is 32.2. The fourth-order valence-electron chi connectivity index (χ4n) is 1.98. The molecule has 0 atom stereocenters. The quantitative estimate of drug-likeness (QED) is 0.183. The summed E-state index contributed by atoms with van der Waals surface area (Å²) in [4.78, 5) is 1.43. The average molecular weight is 457 g/mol. The normalized spacial score (nSPS) is 11.1. The number of thiol groups is 2. The number of hydrogen-bond donors (Lipinski definition) is 2. The molecule has 0 nitrogen and oxygen atoms in total. The predicted octanol–water partition coefficient (Wildman–Crippen LogP) is 6.20. The Bertz CT molecular complexity index is 425. The van der Waals surface area contributed by atoms with Crippen molar-refractivity contribution in [2.75, 3.05) is 52.3 Å². The Morgan fingerprint density at radius 1 is 0.750 bits per heavy atom. The first-order valence-electron chi connectivity index (χ1n) is 8.00. The molecular weight excluding hydrogens is 429 g/mol. The van der Waals surface area contributed by atoms with E-state index >= 15 is 0 Å². The van der Waals surface area contributed by atoms with Crippen LogP contribution in [0.15, 0.2) is 23.1 Å². The summed E-state index contributed by atoms with van der Waals surface area (Å²) in [6.45, 7) is 0. The van der Waals surface area contributed by atoms with Crippen LogP contribution >= 0.6 is 84.1 Å². The van der Waals surface area contributed by atoms with Gasteiger partial charge in [-0.1, -0.05) is 12.1 Å². The Balaban J connectivity index is 2.34. The van der Waals surface area contributed by atoms with Gasteiger partial charge in [0.2, 0.25) is 0 Å². The molecule has 1 rings (SSSR count). The highest BCUT2D eigenvalue weighted by molar-refractivity contribution is 8.03. The fraction of sp³-hybridized carbons (Fsp3) is 0.647. The molecule has 0 radical (unpaired) electrons. The lowest BCUT2D eigenvalue weighted by molar-refractivity contribution is 1.22. The Kier molecular flexibility index (Phi) is 16.6. The summed E-state index contributed by atoms with van der Waals surface area (Å²) in [5.74, 6) is 11.5. The highest BCUT2D eigenvalue weighted by Crippen LogP contribution is 2.27. The standard InChI is InChI=1S/C17H28S7/c1-20-17-3-2-15(13-23-10-8-21-6-4-18)12-16(17)14-24-11-9-22-7-5-19/h2-3,12,18-19H,4-11,13-14H2,1H3. The first-order valence-corrected chi connectivity index (χ1v) is 15.1. The van der Waals surface area contributed by atoms with E-state index in [9.17, 15) is 0 Å². The van der Waals surface area contributed by atoms with Gasteiger partial charge in [-0.3, -0.25) is 0 Å². The average Bonchev–Trinajstić information content (AvgIpc) is 2.61. The zero-order chi connectivity index (χ0) is 17.5. The second kappa shape index (κ2) is 16.8. The molecule has 0 spiro atoms. The Labute approximate surface area is 180 Å². The summed E-state index contributed by atoms with van der Waals surface area (Å²) in [5.41, 5.74) is 2.98. The van der Waals surface area contributed by atoms with Crippen molar-refractivity contribution in [3.05, 3.63) is 29.3 Å². The minimum absolute atomic E-state index is 0.985. The molecule has 1 aromatic rings. The van der Waals surface area contributed by atoms with Gasteiger partial charge in [0.25, 0.3) is 0 Å². The van der Waals surface area contributed by atoms with E-state index in [1.807, 2.05) is 47.0 Å². The maximum atomic E-state index is 4.25. The molecule has 0 unspecified atom stereocenters. The highest BCUT2D eigenvalue weighted by Gasteiger charge is 2.04. The largest absolute Gasteiger partial charge is 0.179 e. The van der Waals surface area contributed by atoms with Crippen molar-refractivity contribution in [1.82, 2.24) is 0 Å². The van der Waals surface area contributed by atoms with Crippen molar-refractivity contribution in [1.29, 1.82) is 0 Å². The van der Waals surface area contributed by atoms with Gasteiger partial charge in [-0.25, -0.2) is 0 Å². The van der Waals surface area contributed by atoms with Crippen LogP contribution in [0.5, 0.6) is 0 Å². The minimum atomic E-state index is 0.985. The summed E-state index contributed by atoms with van der Waals surface area (Å²) >= 11 is 18.5. The van der Waals surface area contributed by atoms with Crippen LogP contribution in [0, 0.1) is 0 Å². The van der Waals surface area contributed by atoms with Gasteiger partial charge in [0.05, 0.1) is 0 Å². The lowest BCUT2D eigenvalue weighted by atomic mass is 10.2. The first kappa shape index (κ1) is 23.7. The van der Waals surface area contributed by atoms with Gasteiger partial charge in [-0.2, -0.15) is 72.3 Å². The summed E-state index contributed by atoms with van der Waals surface area (Å²) in [5, 5.41) is 0. The SMILES string of the molecule is CSc1ccc(CSCCSCCS)cc1CSCCSCCS. The van der Waals surface area contributed by atoms with Crippen LogP contribution in [0.25, 0.3) is 0 Å². The van der Waals surface area contributed by atoms with Crippen LogP contribution in [-0.4, -0.2) is 52.3 Å². The van der Waals surface area contributed by atoms with Crippen LogP contribution < -0.4 is 0 Å². The molecule has 24 heavy (non-hydrogen) atoms. The number of benzene rings is 1. The lowest BCUT2D eigenvalue weighted by Gasteiger charge is -2.10. The molecule has 0 aliphatic carbocycles. The van der Waals surface area contributed by atoms with Crippen molar-refractivity contribution in [3.63, 3.8) is 0 Å². The predicted molar refractivity (Wildman–Crippen MR) is 133 cm³/mol. The topological polar surface area (TPSA) is 0 Å². The summed E-state index contributed by atoms with van der Waals surface area (Å²) in [7, 11) is 0. The van der Waals surface area contributed by atoms with Gasteiger partial charge in [-0.15, -0.1) is 11.8 Å². The van der Waals surface area contributed by atoms with E-state index in [4.69, 9.17) is 0 Å². The van der Waals surface area contributed by atoms with Crippen molar-refractivity contribution >= 4 is 84.1 Å². The molecule has 0 saturated carbocycles. The van der Waals surface area contributed by atoms with Gasteiger partial charge >= 0.3 is 0 Å². The summed E-state index contributed by atoms with van der Waals surface area (Å²) in [6.07, 6.45) is 2.18. The van der Waals surface area contributed by atoms with Crippen molar-refractivity contribution in [3.8, 4) is 0 Å². The fourth-order valence-corrected chi connectivity index (χ4v) is 7.15. The second-order valence-electron chi connectivity index (χ2n) is 4.92. The number of thioether (sulfide) groups is 5. The Hall–Kier alpha value is 1.67. The maximum absolute atomic E-state index is 4.25. The van der Waals surface area contributed by atoms with Crippen LogP contribution in [0.3, 0.4) is 0 Å². The molecule has 7 heteroatoms. The third-order valence-electron chi connectivity index (χ3n) is 3.09. The van der Waals surface area contributed by atoms with Crippen LogP contribution in [0.2, 0.25) is 0 Å². The van der Waals surface area contributed by atoms with E-state index in [0.717, 1.165) is 23.0 Å². The van der Waals surface area contributed by atoms with E-state index in [-0.39, 0.29) is 0 Å². The van der Waals surface area contributed by atoms with Crippen molar-refractivity contribution < 1.29 is 0 Å². The van der Waals surface area contributed by atoms with Gasteiger partial charge in [0.1, 0.15) is 0 Å². The van der Waals surface area contributed by atoms with Gasteiger partial charge in [0.15, 0.2) is 0 Å². The first-order chi connectivity index (χ1) is 11.8. The number of rotatable bonds is 15. The van der Waals surface area contributed by atoms with Gasteiger partial charge in [0, 0.05) is 50.9 Å². The molecule has 0 aliphatic heterocycles. The Morgan fingerprint density at radius 2 is 1.33 bits per heavy atom. The van der Waals surface area contributed by atoms with Crippen LogP contribution in [0.4, 0.5) is 0 Å². The Morgan fingerprint density at radius 3 is 1.92 bits per heavy atom. The van der Waals surface area contributed by atoms with Crippen LogP contribution in [-0.2, 0) is 11.5 Å². The molecule has 1 aromatic carbocycles. The van der Waals surface area contributed by atoms with Crippen molar-refractivity contribution in [2.24, 2.45) is 0 Å². The monoisotopic (exact) mass is 456 g/mol. The van der Waals surface area contributed by atoms with Crippen molar-refractivity contribution in [2.45, 2.75) is 16.4 Å². The maximum Gasteiger partial charge on any atom is 0.0196 e. The molecular formula is C17H28S7. The van der Waals surface area contributed by atoms with E-state index in [1.54, 1.807) is 0 Å². The zero-order valence-electron chi connectivity index (χ0n) is 14.2. The van der Waals surface area contributed by atoms with E-state index in [1.165, 1.54) is 50.5 Å². The zero-order valence-corrected chi connectivity index (χ0v) is 20.1. The lowest BCUT2D eigenvalue weighted by Crippen LogP contribution is -1.93. The van der Waals surface area contributed by atoms with Crippen LogP contribution in [0.1, 0.15) is 11.1 Å². The molecule has 0 heterocycles. The molecule has 0 N–H and O–H groups in total. The molecule has 0 aromatic heterocycles. The molecule has 0 fully saturated rings. The van der Waals surface area contributed by atoms with E-state index in [2.05, 4.69) is 61.5 Å². The van der Waals surface area contributed by atoms with E-state index < -0.39 is 0 Å². The third kappa shape index (κ3) is 11.4. The minimum Gasteiger partial charge on any atom is -0.179 e. The smallest absolute Gasteiger partial charge is 0.0196 e. The molecule has 0 aliphatic rings. The van der Waals surface area contributed by atoms with E-state index in [0.29, 0.717) is 0 Å². The molecule has 0 bridgehead atoms. The van der Waals surface area contributed by atoms with Gasteiger partial charge < -0.3 is 0 Å². The molecule has 0 saturated heterocycles. The number of hydrogen-bond acceptors (Lipinski definition) is 7. The van der Waals surface area contributed by atoms with Gasteiger partial charge in [-0.05, 0) is 35.0 Å². The summed E-state index contributed by atoms with van der Waals surface area (Å²) < 4.78 is 0. The molecule has 138 valence electrons. The summed E-state index contributed by atoms with van der Waals surface area (Å²) in [6, 6.07) is 7.03.